The molecular formula is C24H31ClFN7. The van der Waals surface area contributed by atoms with Gasteiger partial charge in [0, 0.05) is 41.6 Å². The van der Waals surface area contributed by atoms with E-state index in [-0.39, 0.29) is 22.9 Å². The average molecular weight is 472 g/mol. The zero-order valence-electron chi connectivity index (χ0n) is 19.9. The fraction of sp³-hybridized carbons (Fsp3) is 0.458. The van der Waals surface area contributed by atoms with Crippen molar-refractivity contribution in [3.05, 3.63) is 47.6 Å². The van der Waals surface area contributed by atoms with Crippen LogP contribution in [0.5, 0.6) is 0 Å². The molecule has 1 aliphatic rings. The zero-order chi connectivity index (χ0) is 24.0. The Kier molecular flexibility index (Phi) is 6.09. The summed E-state index contributed by atoms with van der Waals surface area (Å²) in [5.74, 6) is 0.0848. The summed E-state index contributed by atoms with van der Waals surface area (Å²) in [7, 11) is 3.98. The van der Waals surface area contributed by atoms with Gasteiger partial charge in [0.2, 0.25) is 5.95 Å². The third kappa shape index (κ3) is 4.96. The molecule has 0 saturated carbocycles. The van der Waals surface area contributed by atoms with Crippen molar-refractivity contribution in [2.75, 3.05) is 17.7 Å². The quantitative estimate of drug-likeness (QED) is 0.513. The van der Waals surface area contributed by atoms with Crippen LogP contribution in [0.1, 0.15) is 40.5 Å². The molecule has 7 nitrogen and oxygen atoms in total. The highest BCUT2D eigenvalue weighted by Gasteiger charge is 2.43. The fourth-order valence-corrected chi connectivity index (χ4v) is 4.99. The van der Waals surface area contributed by atoms with Crippen molar-refractivity contribution in [3.63, 3.8) is 0 Å². The Morgan fingerprint density at radius 3 is 2.27 bits per heavy atom. The van der Waals surface area contributed by atoms with Crippen LogP contribution in [0.3, 0.4) is 0 Å². The molecule has 0 amide bonds. The van der Waals surface area contributed by atoms with Crippen molar-refractivity contribution in [1.82, 2.24) is 24.6 Å². The second-order valence-corrected chi connectivity index (χ2v) is 10.4. The Balaban J connectivity index is 1.49. The topological polar surface area (TPSA) is 70.9 Å². The van der Waals surface area contributed by atoms with Gasteiger partial charge in [-0.25, -0.2) is 9.37 Å². The number of benzene rings is 1. The standard InChI is InChI=1S/C24H31ClFN7/c1-23(2)11-17(12-24(3,4)33(23)6)28-21-19(26)13-27-22(30-21)29-16-9-7-15(8-10-16)18-14-32(5)31-20(18)25/h7-10,13-14,17H,11-12H2,1-6H3,(H2,27,28,29,30). The van der Waals surface area contributed by atoms with Crippen LogP contribution in [0.4, 0.5) is 21.8 Å². The van der Waals surface area contributed by atoms with Crippen molar-refractivity contribution < 1.29 is 4.39 Å². The maximum absolute atomic E-state index is 14.6. The predicted octanol–water partition coefficient (Wildman–Crippen LogP) is 5.48. The number of likely N-dealkylation sites (tertiary alicyclic amines) is 1. The molecule has 3 aromatic rings. The van der Waals surface area contributed by atoms with E-state index < -0.39 is 5.82 Å². The van der Waals surface area contributed by atoms with Crippen LogP contribution in [-0.2, 0) is 7.05 Å². The molecule has 1 fully saturated rings. The van der Waals surface area contributed by atoms with Crippen LogP contribution in [0.15, 0.2) is 36.7 Å². The van der Waals surface area contributed by atoms with E-state index in [1.165, 1.54) is 6.20 Å². The smallest absolute Gasteiger partial charge is 0.229 e. The van der Waals surface area contributed by atoms with E-state index in [2.05, 4.69) is 65.3 Å². The largest absolute Gasteiger partial charge is 0.365 e. The molecule has 1 aromatic carbocycles. The van der Waals surface area contributed by atoms with Crippen LogP contribution < -0.4 is 10.6 Å². The number of hydrogen-bond acceptors (Lipinski definition) is 6. The Morgan fingerprint density at radius 2 is 1.70 bits per heavy atom. The molecule has 1 aliphatic heterocycles. The van der Waals surface area contributed by atoms with E-state index in [1.54, 1.807) is 4.68 Å². The second-order valence-electron chi connectivity index (χ2n) is 10.0. The molecule has 0 bridgehead atoms. The van der Waals surface area contributed by atoms with Crippen LogP contribution in [0, 0.1) is 5.82 Å². The molecule has 176 valence electrons. The van der Waals surface area contributed by atoms with Crippen LogP contribution in [0.25, 0.3) is 11.1 Å². The molecule has 2 N–H and O–H groups in total. The molecule has 0 unspecified atom stereocenters. The SMILES string of the molecule is CN1C(C)(C)CC(Nc2nc(Nc3ccc(-c4cn(C)nc4Cl)cc3)ncc2F)CC1(C)C. The van der Waals surface area contributed by atoms with Gasteiger partial charge in [0.1, 0.15) is 0 Å². The van der Waals surface area contributed by atoms with Crippen molar-refractivity contribution in [3.8, 4) is 11.1 Å². The van der Waals surface area contributed by atoms with E-state index in [0.29, 0.717) is 11.1 Å². The fourth-order valence-electron chi connectivity index (χ4n) is 4.71. The lowest BCUT2D eigenvalue weighted by Gasteiger charge is -2.53. The zero-order valence-corrected chi connectivity index (χ0v) is 20.7. The lowest BCUT2D eigenvalue weighted by atomic mass is 9.77. The lowest BCUT2D eigenvalue weighted by molar-refractivity contribution is -0.00778. The monoisotopic (exact) mass is 471 g/mol. The van der Waals surface area contributed by atoms with Crippen LogP contribution in [-0.4, -0.2) is 48.8 Å². The van der Waals surface area contributed by atoms with Gasteiger partial charge >= 0.3 is 0 Å². The Hall–Kier alpha value is -2.71. The second kappa shape index (κ2) is 8.57. The minimum Gasteiger partial charge on any atom is -0.365 e. The summed E-state index contributed by atoms with van der Waals surface area (Å²) in [6, 6.07) is 7.79. The molecule has 0 atom stereocenters. The first-order valence-corrected chi connectivity index (χ1v) is 11.4. The van der Waals surface area contributed by atoms with Crippen molar-refractivity contribution >= 4 is 29.1 Å². The Labute approximate surface area is 199 Å². The van der Waals surface area contributed by atoms with E-state index in [0.717, 1.165) is 29.7 Å². The summed E-state index contributed by atoms with van der Waals surface area (Å²) in [4.78, 5) is 10.9. The molecule has 33 heavy (non-hydrogen) atoms. The molecule has 9 heteroatoms. The number of piperidine rings is 1. The number of hydrogen-bond donors (Lipinski definition) is 2. The lowest BCUT2D eigenvalue weighted by Crippen LogP contribution is -2.61. The molecule has 2 aromatic heterocycles. The average Bonchev–Trinajstić information content (AvgIpc) is 3.07. The van der Waals surface area contributed by atoms with Gasteiger partial charge in [0.15, 0.2) is 16.8 Å². The molecule has 0 radical (unpaired) electrons. The number of rotatable bonds is 5. The molecule has 1 saturated heterocycles. The van der Waals surface area contributed by atoms with Crippen molar-refractivity contribution in [1.29, 1.82) is 0 Å². The minimum absolute atomic E-state index is 0.0110. The number of aryl methyl sites for hydroxylation is 1. The van der Waals surface area contributed by atoms with Gasteiger partial charge in [0.05, 0.1) is 6.20 Å². The summed E-state index contributed by atoms with van der Waals surface area (Å²) in [6.07, 6.45) is 4.85. The van der Waals surface area contributed by atoms with Crippen LogP contribution in [0.2, 0.25) is 5.15 Å². The minimum atomic E-state index is -0.461. The third-order valence-electron chi connectivity index (χ3n) is 6.63. The van der Waals surface area contributed by atoms with Gasteiger partial charge in [-0.1, -0.05) is 23.7 Å². The van der Waals surface area contributed by atoms with Gasteiger partial charge in [-0.05, 0) is 65.3 Å². The molecule has 3 heterocycles. The number of aromatic nitrogens is 4. The maximum atomic E-state index is 14.6. The summed E-state index contributed by atoms with van der Waals surface area (Å²) >= 11 is 6.19. The first kappa shape index (κ1) is 23.4. The van der Waals surface area contributed by atoms with Gasteiger partial charge in [-0.3, -0.25) is 9.58 Å². The van der Waals surface area contributed by atoms with Crippen LogP contribution >= 0.6 is 11.6 Å². The Morgan fingerprint density at radius 1 is 1.06 bits per heavy atom. The van der Waals surface area contributed by atoms with E-state index in [9.17, 15) is 4.39 Å². The Bertz CT molecular complexity index is 1120. The van der Waals surface area contributed by atoms with Gasteiger partial charge in [0.25, 0.3) is 0 Å². The van der Waals surface area contributed by atoms with E-state index in [4.69, 9.17) is 11.6 Å². The number of nitrogens with one attached hydrogen (secondary N) is 2. The highest BCUT2D eigenvalue weighted by Crippen LogP contribution is 2.38. The number of halogens is 2. The highest BCUT2D eigenvalue weighted by molar-refractivity contribution is 6.32. The highest BCUT2D eigenvalue weighted by atomic mass is 35.5. The van der Waals surface area contributed by atoms with E-state index in [1.807, 2.05) is 37.5 Å². The summed E-state index contributed by atoms with van der Waals surface area (Å²) in [5, 5.41) is 11.1. The van der Waals surface area contributed by atoms with Crippen molar-refractivity contribution in [2.45, 2.75) is 57.7 Å². The molecule has 0 aliphatic carbocycles. The summed E-state index contributed by atoms with van der Waals surface area (Å²) in [6.45, 7) is 8.87. The van der Waals surface area contributed by atoms with Gasteiger partial charge < -0.3 is 10.6 Å². The molecule has 4 rings (SSSR count). The third-order valence-corrected chi connectivity index (χ3v) is 6.91. The molecule has 0 spiro atoms. The number of nitrogens with zero attached hydrogens (tertiary/aromatic N) is 5. The summed E-state index contributed by atoms with van der Waals surface area (Å²) in [5.41, 5.74) is 2.58. The van der Waals surface area contributed by atoms with Crippen molar-refractivity contribution in [2.24, 2.45) is 7.05 Å². The molecular weight excluding hydrogens is 441 g/mol. The predicted molar refractivity (Wildman–Crippen MR) is 131 cm³/mol. The first-order valence-electron chi connectivity index (χ1n) is 11.0. The van der Waals surface area contributed by atoms with Gasteiger partial charge in [-0.15, -0.1) is 0 Å². The maximum Gasteiger partial charge on any atom is 0.229 e. The number of anilines is 3. The van der Waals surface area contributed by atoms with Gasteiger partial charge in [-0.2, -0.15) is 10.1 Å². The summed E-state index contributed by atoms with van der Waals surface area (Å²) < 4.78 is 16.2. The van der Waals surface area contributed by atoms with E-state index >= 15 is 0 Å². The normalized spacial score (nSPS) is 18.3. The first-order chi connectivity index (χ1) is 15.4.